The molecule has 19 heavy (non-hydrogen) atoms. The average Bonchev–Trinajstić information content (AvgIpc) is 2.38. The number of ether oxygens (including phenoxy) is 1. The number of aryl methyl sites for hydroxylation is 2. The summed E-state index contributed by atoms with van der Waals surface area (Å²) >= 11 is 0. The Labute approximate surface area is 118 Å². The minimum atomic E-state index is 0.626. The number of hydrogen-bond donors (Lipinski definition) is 1. The molecule has 0 aliphatic carbocycles. The third kappa shape index (κ3) is 6.63. The van der Waals surface area contributed by atoms with Crippen LogP contribution in [0.3, 0.4) is 0 Å². The van der Waals surface area contributed by atoms with Gasteiger partial charge in [-0.2, -0.15) is 0 Å². The van der Waals surface area contributed by atoms with Crippen LogP contribution in [-0.4, -0.2) is 19.2 Å². The number of unbranched alkanes of at least 4 members (excludes halogenated alkanes) is 1. The van der Waals surface area contributed by atoms with Gasteiger partial charge in [-0.25, -0.2) is 0 Å². The third-order valence-corrected chi connectivity index (χ3v) is 3.36. The van der Waals surface area contributed by atoms with Crippen molar-refractivity contribution in [2.24, 2.45) is 0 Å². The van der Waals surface area contributed by atoms with Crippen molar-refractivity contribution in [1.82, 2.24) is 5.32 Å². The molecule has 1 aromatic rings. The topological polar surface area (TPSA) is 21.3 Å². The highest BCUT2D eigenvalue weighted by molar-refractivity contribution is 5.35. The van der Waals surface area contributed by atoms with E-state index in [0.717, 1.165) is 25.3 Å². The molecule has 2 nitrogen and oxygen atoms in total. The first-order chi connectivity index (χ1) is 9.13. The highest BCUT2D eigenvalue weighted by atomic mass is 16.5. The summed E-state index contributed by atoms with van der Waals surface area (Å²) in [5.41, 5.74) is 2.53. The second-order valence-corrected chi connectivity index (χ2v) is 5.47. The van der Waals surface area contributed by atoms with Crippen LogP contribution in [0.1, 0.15) is 50.7 Å². The highest BCUT2D eigenvalue weighted by Crippen LogP contribution is 2.19. The molecule has 0 heterocycles. The van der Waals surface area contributed by atoms with Gasteiger partial charge in [0.25, 0.3) is 0 Å². The second kappa shape index (κ2) is 8.98. The van der Waals surface area contributed by atoms with Crippen LogP contribution in [-0.2, 0) is 0 Å². The van der Waals surface area contributed by atoms with Crippen LogP contribution in [0.25, 0.3) is 0 Å². The molecule has 2 heteroatoms. The van der Waals surface area contributed by atoms with Gasteiger partial charge in [0, 0.05) is 6.04 Å². The minimum absolute atomic E-state index is 0.626. The van der Waals surface area contributed by atoms with Gasteiger partial charge in [-0.15, -0.1) is 0 Å². The number of nitrogens with one attached hydrogen (secondary N) is 1. The van der Waals surface area contributed by atoms with Crippen molar-refractivity contribution in [3.63, 3.8) is 0 Å². The Hall–Kier alpha value is -1.02. The van der Waals surface area contributed by atoms with E-state index in [1.165, 1.54) is 30.4 Å². The first-order valence-electron chi connectivity index (χ1n) is 7.57. The third-order valence-electron chi connectivity index (χ3n) is 3.36. The molecular weight excluding hydrogens is 234 g/mol. The van der Waals surface area contributed by atoms with E-state index >= 15 is 0 Å². The van der Waals surface area contributed by atoms with Gasteiger partial charge >= 0.3 is 0 Å². The summed E-state index contributed by atoms with van der Waals surface area (Å²) in [6.07, 6.45) is 4.80. The Kier molecular flexibility index (Phi) is 7.57. The molecule has 1 atom stereocenters. The summed E-state index contributed by atoms with van der Waals surface area (Å²) < 4.78 is 5.83. The Morgan fingerprint density at radius 1 is 1.21 bits per heavy atom. The summed E-state index contributed by atoms with van der Waals surface area (Å²) in [6, 6.07) is 6.99. The number of rotatable bonds is 9. The van der Waals surface area contributed by atoms with E-state index in [4.69, 9.17) is 4.74 Å². The van der Waals surface area contributed by atoms with Crippen molar-refractivity contribution in [3.05, 3.63) is 29.3 Å². The quantitative estimate of drug-likeness (QED) is 0.673. The highest BCUT2D eigenvalue weighted by Gasteiger charge is 2.01. The molecule has 1 N–H and O–H groups in total. The SMILES string of the molecule is CCCNC(C)CCCCOc1ccc(C)cc1C. The molecule has 0 aromatic heterocycles. The fourth-order valence-electron chi connectivity index (χ4n) is 2.19. The van der Waals surface area contributed by atoms with Crippen molar-refractivity contribution in [2.75, 3.05) is 13.2 Å². The molecule has 1 aromatic carbocycles. The molecule has 108 valence electrons. The molecular formula is C17H29NO. The maximum Gasteiger partial charge on any atom is 0.122 e. The Morgan fingerprint density at radius 3 is 2.68 bits per heavy atom. The van der Waals surface area contributed by atoms with E-state index in [9.17, 15) is 0 Å². The molecule has 0 aliphatic rings. The summed E-state index contributed by atoms with van der Waals surface area (Å²) in [5, 5.41) is 3.52. The molecule has 0 spiro atoms. The summed E-state index contributed by atoms with van der Waals surface area (Å²) in [7, 11) is 0. The Morgan fingerprint density at radius 2 is 2.00 bits per heavy atom. The zero-order valence-corrected chi connectivity index (χ0v) is 13.0. The van der Waals surface area contributed by atoms with Crippen LogP contribution >= 0.6 is 0 Å². The normalized spacial score (nSPS) is 12.4. The lowest BCUT2D eigenvalue weighted by Crippen LogP contribution is -2.26. The Bertz CT molecular complexity index is 362. The first-order valence-corrected chi connectivity index (χ1v) is 7.57. The maximum atomic E-state index is 5.83. The molecule has 1 unspecified atom stereocenters. The zero-order chi connectivity index (χ0) is 14.1. The molecule has 0 saturated heterocycles. The standard InChI is InChI=1S/C17H29NO/c1-5-11-18-16(4)8-6-7-12-19-17-10-9-14(2)13-15(17)3/h9-10,13,16,18H,5-8,11-12H2,1-4H3. The summed E-state index contributed by atoms with van der Waals surface area (Å²) in [5.74, 6) is 1.03. The molecule has 0 saturated carbocycles. The molecule has 0 amide bonds. The van der Waals surface area contributed by atoms with Gasteiger partial charge in [-0.05, 0) is 64.6 Å². The molecule has 0 fully saturated rings. The minimum Gasteiger partial charge on any atom is -0.493 e. The van der Waals surface area contributed by atoms with Gasteiger partial charge in [-0.1, -0.05) is 24.6 Å². The molecule has 0 aliphatic heterocycles. The molecule has 0 bridgehead atoms. The van der Waals surface area contributed by atoms with Crippen molar-refractivity contribution in [2.45, 2.75) is 59.4 Å². The second-order valence-electron chi connectivity index (χ2n) is 5.47. The zero-order valence-electron chi connectivity index (χ0n) is 13.0. The van der Waals surface area contributed by atoms with Crippen LogP contribution < -0.4 is 10.1 Å². The largest absolute Gasteiger partial charge is 0.493 e. The average molecular weight is 263 g/mol. The predicted molar refractivity (Wildman–Crippen MR) is 83.0 cm³/mol. The molecule has 0 radical (unpaired) electrons. The number of benzene rings is 1. The van der Waals surface area contributed by atoms with E-state index < -0.39 is 0 Å². The van der Waals surface area contributed by atoms with Gasteiger partial charge in [0.15, 0.2) is 0 Å². The molecule has 1 rings (SSSR count). The van der Waals surface area contributed by atoms with Gasteiger partial charge < -0.3 is 10.1 Å². The fraction of sp³-hybridized carbons (Fsp3) is 0.647. The van der Waals surface area contributed by atoms with E-state index in [2.05, 4.69) is 51.2 Å². The predicted octanol–water partition coefficient (Wildman–Crippen LogP) is 4.24. The van der Waals surface area contributed by atoms with Gasteiger partial charge in [0.1, 0.15) is 5.75 Å². The van der Waals surface area contributed by atoms with E-state index in [0.29, 0.717) is 6.04 Å². The lowest BCUT2D eigenvalue weighted by Gasteiger charge is -2.13. The monoisotopic (exact) mass is 263 g/mol. The van der Waals surface area contributed by atoms with E-state index in [-0.39, 0.29) is 0 Å². The van der Waals surface area contributed by atoms with Gasteiger partial charge in [0.05, 0.1) is 6.61 Å². The fourth-order valence-corrected chi connectivity index (χ4v) is 2.19. The first kappa shape index (κ1) is 16.0. The van der Waals surface area contributed by atoms with Crippen LogP contribution in [0.5, 0.6) is 5.75 Å². The lowest BCUT2D eigenvalue weighted by molar-refractivity contribution is 0.299. The van der Waals surface area contributed by atoms with Crippen molar-refractivity contribution < 1.29 is 4.74 Å². The Balaban J connectivity index is 2.13. The van der Waals surface area contributed by atoms with Crippen molar-refractivity contribution in [3.8, 4) is 5.75 Å². The van der Waals surface area contributed by atoms with E-state index in [1.807, 2.05) is 0 Å². The van der Waals surface area contributed by atoms with Crippen LogP contribution in [0.4, 0.5) is 0 Å². The van der Waals surface area contributed by atoms with Crippen LogP contribution in [0.15, 0.2) is 18.2 Å². The number of hydrogen-bond acceptors (Lipinski definition) is 2. The smallest absolute Gasteiger partial charge is 0.122 e. The van der Waals surface area contributed by atoms with Crippen LogP contribution in [0, 0.1) is 13.8 Å². The summed E-state index contributed by atoms with van der Waals surface area (Å²) in [6.45, 7) is 10.6. The maximum absolute atomic E-state index is 5.83. The van der Waals surface area contributed by atoms with E-state index in [1.54, 1.807) is 0 Å². The van der Waals surface area contributed by atoms with Crippen molar-refractivity contribution in [1.29, 1.82) is 0 Å². The lowest BCUT2D eigenvalue weighted by atomic mass is 10.1. The van der Waals surface area contributed by atoms with Crippen LogP contribution in [0.2, 0.25) is 0 Å². The van der Waals surface area contributed by atoms with Gasteiger partial charge in [0.2, 0.25) is 0 Å². The van der Waals surface area contributed by atoms with Gasteiger partial charge in [-0.3, -0.25) is 0 Å². The van der Waals surface area contributed by atoms with Crippen molar-refractivity contribution >= 4 is 0 Å². The summed E-state index contributed by atoms with van der Waals surface area (Å²) in [4.78, 5) is 0.